The maximum Gasteiger partial charge on any atom is 0.141 e. The number of aryl methyl sites for hydroxylation is 2. The van der Waals surface area contributed by atoms with Crippen molar-refractivity contribution in [2.24, 2.45) is 5.41 Å². The molecule has 1 aromatic heterocycles. The van der Waals surface area contributed by atoms with Gasteiger partial charge in [0.2, 0.25) is 0 Å². The summed E-state index contributed by atoms with van der Waals surface area (Å²) in [7, 11) is 3.15. The molecule has 1 saturated carbocycles. The summed E-state index contributed by atoms with van der Waals surface area (Å²) in [5, 5.41) is 0.865. The molecule has 0 atom stereocenters. The summed E-state index contributed by atoms with van der Waals surface area (Å²) >= 11 is 0. The predicted octanol–water partition coefficient (Wildman–Crippen LogP) is 8.28. The molecule has 3 aromatic rings. The van der Waals surface area contributed by atoms with Gasteiger partial charge in [-0.05, 0) is 98.7 Å². The molecule has 208 valence electrons. The van der Waals surface area contributed by atoms with Crippen molar-refractivity contribution in [1.82, 2.24) is 4.98 Å². The Morgan fingerprint density at radius 2 is 1.90 bits per heavy atom. The first-order valence-corrected chi connectivity index (χ1v) is 13.3. The highest BCUT2D eigenvalue weighted by atomic mass is 19.1. The molecule has 1 heterocycles. The van der Waals surface area contributed by atoms with Crippen molar-refractivity contribution in [3.05, 3.63) is 83.0 Å². The largest absolute Gasteiger partial charge is 0.500 e. The van der Waals surface area contributed by atoms with Gasteiger partial charge in [0.15, 0.2) is 0 Å². The van der Waals surface area contributed by atoms with E-state index in [9.17, 15) is 9.18 Å². The summed E-state index contributed by atoms with van der Waals surface area (Å²) in [5.74, 6) is 0.788. The van der Waals surface area contributed by atoms with E-state index in [2.05, 4.69) is 18.5 Å². The molecule has 1 aliphatic carbocycles. The number of carbonyl (C=O) groups excluding carboxylic acids is 1. The minimum Gasteiger partial charge on any atom is -0.500 e. The number of Topliss-reactive ketones (excluding diaryl/α,β-unsaturated/α-hetero) is 1. The van der Waals surface area contributed by atoms with Gasteiger partial charge < -0.3 is 9.47 Å². The van der Waals surface area contributed by atoms with Gasteiger partial charge in [0.25, 0.3) is 0 Å². The molecule has 4 rings (SSSR count). The maximum atomic E-state index is 15.3. The van der Waals surface area contributed by atoms with Crippen molar-refractivity contribution in [3.63, 3.8) is 0 Å². The smallest absolute Gasteiger partial charge is 0.141 e. The summed E-state index contributed by atoms with van der Waals surface area (Å²) in [5.41, 5.74) is 2.86. The van der Waals surface area contributed by atoms with Gasteiger partial charge in [-0.2, -0.15) is 0 Å². The molecule has 4 nitrogen and oxygen atoms in total. The van der Waals surface area contributed by atoms with Gasteiger partial charge in [0.05, 0.1) is 25.2 Å². The monoisotopic (exact) mass is 535 g/mol. The summed E-state index contributed by atoms with van der Waals surface area (Å²) < 4.78 is 41.1. The maximum absolute atomic E-state index is 15.3. The second-order valence-electron chi connectivity index (χ2n) is 11.0. The number of halogens is 2. The third-order valence-electron chi connectivity index (χ3n) is 7.93. The van der Waals surface area contributed by atoms with Crippen molar-refractivity contribution < 1.29 is 24.5 Å². The van der Waals surface area contributed by atoms with Crippen LogP contribution in [-0.4, -0.2) is 30.7 Å². The first-order chi connectivity index (χ1) is 18.4. The van der Waals surface area contributed by atoms with Crippen LogP contribution in [0.15, 0.2) is 60.5 Å². The van der Waals surface area contributed by atoms with Crippen LogP contribution in [0.3, 0.4) is 0 Å². The van der Waals surface area contributed by atoms with Crippen molar-refractivity contribution in [2.75, 3.05) is 14.2 Å². The highest BCUT2D eigenvalue weighted by Gasteiger charge is 2.59. The van der Waals surface area contributed by atoms with Crippen molar-refractivity contribution in [2.45, 2.75) is 65.5 Å². The van der Waals surface area contributed by atoms with E-state index in [0.29, 0.717) is 40.9 Å². The predicted molar refractivity (Wildman–Crippen MR) is 154 cm³/mol. The zero-order chi connectivity index (χ0) is 28.5. The van der Waals surface area contributed by atoms with Crippen LogP contribution < -0.4 is 4.74 Å². The van der Waals surface area contributed by atoms with Crippen LogP contribution in [-0.2, 0) is 22.4 Å². The van der Waals surface area contributed by atoms with Gasteiger partial charge in [-0.1, -0.05) is 13.5 Å². The van der Waals surface area contributed by atoms with Crippen molar-refractivity contribution in [3.8, 4) is 16.9 Å². The average Bonchev–Trinajstić information content (AvgIpc) is 3.70. The SMILES string of the molecule is C=C(/C=C(\OC)C1(C(C)(C)F)CC1)CC(=O)Cc1cc(F)c(-c2cnc3cc(CC)c(OC)cc3c2)cc1C.[HH]. The lowest BCUT2D eigenvalue weighted by molar-refractivity contribution is -0.117. The lowest BCUT2D eigenvalue weighted by Gasteiger charge is -2.28. The van der Waals surface area contributed by atoms with Crippen molar-refractivity contribution in [1.29, 1.82) is 0 Å². The van der Waals surface area contributed by atoms with Crippen LogP contribution in [0.2, 0.25) is 0 Å². The number of benzene rings is 2. The molecular weight excluding hydrogens is 496 g/mol. The lowest BCUT2D eigenvalue weighted by Crippen LogP contribution is -2.30. The van der Waals surface area contributed by atoms with E-state index in [1.54, 1.807) is 39.3 Å². The molecule has 0 spiro atoms. The number of nitrogens with zero attached hydrogens (tertiary/aromatic N) is 1. The molecular formula is C33H39F2NO3. The van der Waals surface area contributed by atoms with Crippen LogP contribution in [0.25, 0.3) is 22.0 Å². The fourth-order valence-electron chi connectivity index (χ4n) is 5.36. The zero-order valence-corrected chi connectivity index (χ0v) is 23.7. The van der Waals surface area contributed by atoms with E-state index in [1.807, 2.05) is 25.1 Å². The molecule has 0 radical (unpaired) electrons. The summed E-state index contributed by atoms with van der Waals surface area (Å²) in [6.45, 7) is 11.0. The van der Waals surface area contributed by atoms with E-state index in [1.165, 1.54) is 13.2 Å². The molecule has 6 heteroatoms. The Bertz CT molecular complexity index is 1470. The number of alkyl halides is 1. The number of carbonyl (C=O) groups is 1. The van der Waals surface area contributed by atoms with Gasteiger partial charge in [-0.3, -0.25) is 9.78 Å². The average molecular weight is 536 g/mol. The highest BCUT2D eigenvalue weighted by molar-refractivity contribution is 5.87. The van der Waals surface area contributed by atoms with Crippen LogP contribution in [0.1, 0.15) is 58.2 Å². The van der Waals surface area contributed by atoms with Gasteiger partial charge >= 0.3 is 0 Å². The minimum absolute atomic E-state index is 0. The normalized spacial score (nSPS) is 14.8. The lowest BCUT2D eigenvalue weighted by atomic mass is 9.86. The summed E-state index contributed by atoms with van der Waals surface area (Å²) in [6.07, 6.45) is 5.73. The standard InChI is InChI=1S/C33H37F2NO3.H2/c1-8-22-17-29-24(18-30(22)38-6)14-25(19-36-29)27-13-21(3)23(16-28(27)34)15-26(37)11-20(2)12-31(39-7)33(9-10-33)32(4,5)35;/h12-14,16-19H,2,8-11,15H2,1,3-7H3;1H/b31-12-;. The molecule has 1 fully saturated rings. The molecule has 0 N–H and O–H groups in total. The number of fused-ring (bicyclic) bond motifs is 1. The number of aromatic nitrogens is 1. The van der Waals surface area contributed by atoms with E-state index >= 15 is 4.39 Å². The molecule has 0 amide bonds. The number of ketones is 1. The molecule has 1 aliphatic rings. The van der Waals surface area contributed by atoms with E-state index in [0.717, 1.165) is 34.2 Å². The first-order valence-electron chi connectivity index (χ1n) is 13.3. The van der Waals surface area contributed by atoms with Gasteiger partial charge in [-0.15, -0.1) is 0 Å². The summed E-state index contributed by atoms with van der Waals surface area (Å²) in [4.78, 5) is 17.4. The second-order valence-corrected chi connectivity index (χ2v) is 11.0. The molecule has 0 saturated heterocycles. The van der Waals surface area contributed by atoms with E-state index in [4.69, 9.17) is 9.47 Å². The van der Waals surface area contributed by atoms with Gasteiger partial charge in [0.1, 0.15) is 28.8 Å². The quantitative estimate of drug-likeness (QED) is 0.183. The Morgan fingerprint density at radius 1 is 1.18 bits per heavy atom. The molecule has 0 bridgehead atoms. The number of allylic oxidation sites excluding steroid dienone is 3. The number of hydrogen-bond donors (Lipinski definition) is 0. The van der Waals surface area contributed by atoms with Crippen LogP contribution in [0.5, 0.6) is 5.75 Å². The Kier molecular flexibility index (Phi) is 7.97. The van der Waals surface area contributed by atoms with E-state index in [-0.39, 0.29) is 20.1 Å². The van der Waals surface area contributed by atoms with Crippen LogP contribution in [0, 0.1) is 18.2 Å². The van der Waals surface area contributed by atoms with Crippen LogP contribution in [0.4, 0.5) is 8.78 Å². The van der Waals surface area contributed by atoms with Crippen molar-refractivity contribution >= 4 is 16.7 Å². The Labute approximate surface area is 231 Å². The Balaban J connectivity index is 0.00000441. The third-order valence-corrected chi connectivity index (χ3v) is 7.93. The topological polar surface area (TPSA) is 48.4 Å². The fourth-order valence-corrected chi connectivity index (χ4v) is 5.36. The van der Waals surface area contributed by atoms with Gasteiger partial charge in [0, 0.05) is 37.0 Å². The third kappa shape index (κ3) is 5.75. The minimum atomic E-state index is -1.43. The Morgan fingerprint density at radius 3 is 2.49 bits per heavy atom. The Hall–Kier alpha value is -3.54. The van der Waals surface area contributed by atoms with E-state index < -0.39 is 16.9 Å². The zero-order valence-electron chi connectivity index (χ0n) is 23.7. The summed E-state index contributed by atoms with van der Waals surface area (Å²) in [6, 6.07) is 9.02. The number of rotatable bonds is 11. The number of methoxy groups -OCH3 is 2. The van der Waals surface area contributed by atoms with Crippen LogP contribution >= 0.6 is 0 Å². The molecule has 0 aliphatic heterocycles. The highest BCUT2D eigenvalue weighted by Crippen LogP contribution is 2.61. The number of pyridine rings is 1. The number of hydrogen-bond acceptors (Lipinski definition) is 4. The number of ether oxygens (including phenoxy) is 2. The molecule has 2 aromatic carbocycles. The fraction of sp³-hybridized carbons (Fsp3) is 0.394. The first kappa shape index (κ1) is 28.5. The molecule has 0 unspecified atom stereocenters. The second kappa shape index (κ2) is 10.9. The van der Waals surface area contributed by atoms with Gasteiger partial charge in [-0.25, -0.2) is 8.78 Å². The molecule has 39 heavy (non-hydrogen) atoms.